The second-order valence-corrected chi connectivity index (χ2v) is 5.38. The number of ether oxygens (including phenoxy) is 1. The maximum absolute atomic E-state index is 11.3. The van der Waals surface area contributed by atoms with Gasteiger partial charge in [-0.15, -0.1) is 0 Å². The van der Waals surface area contributed by atoms with E-state index in [-0.39, 0.29) is 5.97 Å². The number of esters is 1. The molecule has 0 unspecified atom stereocenters. The van der Waals surface area contributed by atoms with E-state index < -0.39 is 0 Å². The average molecular weight is 262 g/mol. The molecule has 0 aromatic carbocycles. The van der Waals surface area contributed by atoms with Crippen LogP contribution in [0.1, 0.15) is 48.7 Å². The minimum Gasteiger partial charge on any atom is -0.465 e. The van der Waals surface area contributed by atoms with Crippen LogP contribution in [0.25, 0.3) is 0 Å². The lowest BCUT2D eigenvalue weighted by molar-refractivity contribution is 0.0600. The molecule has 0 bridgehead atoms. The lowest BCUT2D eigenvalue weighted by Crippen LogP contribution is -2.24. The van der Waals surface area contributed by atoms with E-state index in [1.807, 2.05) is 6.07 Å². The molecule has 1 aromatic heterocycles. The Kier molecular flexibility index (Phi) is 4.53. The number of nitrogens with zero attached hydrogens (tertiary/aromatic N) is 1. The smallest absolute Gasteiger partial charge is 0.339 e. The standard InChI is InChI=1S/C15H22N2O2/c1-3-6-15(7-8-15)11-16-10-13-5-4-12(9-17-13)14(18)19-2/h4-5,9,16H,3,6-8,10-11H2,1-2H3. The zero-order valence-electron chi connectivity index (χ0n) is 11.7. The second-order valence-electron chi connectivity index (χ2n) is 5.38. The summed E-state index contributed by atoms with van der Waals surface area (Å²) in [4.78, 5) is 15.5. The number of methoxy groups -OCH3 is 1. The molecule has 1 aromatic rings. The monoisotopic (exact) mass is 262 g/mol. The van der Waals surface area contributed by atoms with Gasteiger partial charge in [-0.25, -0.2) is 4.79 Å². The van der Waals surface area contributed by atoms with Crippen molar-refractivity contribution in [2.75, 3.05) is 13.7 Å². The molecule has 2 rings (SSSR count). The van der Waals surface area contributed by atoms with Crippen molar-refractivity contribution in [3.8, 4) is 0 Å². The molecular formula is C15H22N2O2. The Labute approximate surface area is 114 Å². The van der Waals surface area contributed by atoms with Crippen LogP contribution in [-0.2, 0) is 11.3 Å². The first-order valence-electron chi connectivity index (χ1n) is 6.93. The van der Waals surface area contributed by atoms with E-state index in [4.69, 9.17) is 0 Å². The van der Waals surface area contributed by atoms with Gasteiger partial charge in [0.1, 0.15) is 0 Å². The summed E-state index contributed by atoms with van der Waals surface area (Å²) in [6, 6.07) is 3.63. The molecule has 0 atom stereocenters. The van der Waals surface area contributed by atoms with Crippen LogP contribution in [-0.4, -0.2) is 24.6 Å². The van der Waals surface area contributed by atoms with Gasteiger partial charge in [0.05, 0.1) is 18.4 Å². The summed E-state index contributed by atoms with van der Waals surface area (Å²) in [6.07, 6.45) is 6.84. The van der Waals surface area contributed by atoms with Gasteiger partial charge in [-0.05, 0) is 36.8 Å². The van der Waals surface area contributed by atoms with Crippen molar-refractivity contribution in [3.05, 3.63) is 29.6 Å². The fraction of sp³-hybridized carbons (Fsp3) is 0.600. The van der Waals surface area contributed by atoms with E-state index in [1.54, 1.807) is 12.3 Å². The molecule has 19 heavy (non-hydrogen) atoms. The fourth-order valence-corrected chi connectivity index (χ4v) is 2.45. The third-order valence-electron chi connectivity index (χ3n) is 3.79. The summed E-state index contributed by atoms with van der Waals surface area (Å²) >= 11 is 0. The third kappa shape index (κ3) is 3.77. The summed E-state index contributed by atoms with van der Waals surface area (Å²) < 4.78 is 4.64. The van der Waals surface area contributed by atoms with E-state index in [0.29, 0.717) is 11.0 Å². The molecule has 1 aliphatic carbocycles. The average Bonchev–Trinajstić information content (AvgIpc) is 3.19. The Balaban J connectivity index is 1.79. The number of pyridine rings is 1. The van der Waals surface area contributed by atoms with Crippen molar-refractivity contribution in [2.24, 2.45) is 5.41 Å². The van der Waals surface area contributed by atoms with Crippen LogP contribution in [0.3, 0.4) is 0 Å². The Bertz CT molecular complexity index is 424. The number of carbonyl (C=O) groups is 1. The summed E-state index contributed by atoms with van der Waals surface area (Å²) in [5.41, 5.74) is 2.01. The zero-order valence-corrected chi connectivity index (χ0v) is 11.7. The molecular weight excluding hydrogens is 240 g/mol. The summed E-state index contributed by atoms with van der Waals surface area (Å²) in [5, 5.41) is 3.47. The predicted octanol–water partition coefficient (Wildman–Crippen LogP) is 2.54. The van der Waals surface area contributed by atoms with Gasteiger partial charge in [0.25, 0.3) is 0 Å². The van der Waals surface area contributed by atoms with E-state index in [0.717, 1.165) is 18.8 Å². The molecule has 0 radical (unpaired) electrons. The van der Waals surface area contributed by atoms with Gasteiger partial charge in [-0.1, -0.05) is 13.3 Å². The highest BCUT2D eigenvalue weighted by atomic mass is 16.5. The van der Waals surface area contributed by atoms with Crippen LogP contribution in [0.15, 0.2) is 18.3 Å². The molecule has 1 aliphatic rings. The maximum Gasteiger partial charge on any atom is 0.339 e. The minimum atomic E-state index is -0.341. The minimum absolute atomic E-state index is 0.341. The van der Waals surface area contributed by atoms with Crippen molar-refractivity contribution in [3.63, 3.8) is 0 Å². The Morgan fingerprint density at radius 1 is 1.47 bits per heavy atom. The lowest BCUT2D eigenvalue weighted by atomic mass is 10.0. The highest BCUT2D eigenvalue weighted by molar-refractivity contribution is 5.88. The molecule has 4 nitrogen and oxygen atoms in total. The van der Waals surface area contributed by atoms with Crippen LogP contribution >= 0.6 is 0 Å². The normalized spacial score (nSPS) is 16.1. The summed E-state index contributed by atoms with van der Waals surface area (Å²) in [7, 11) is 1.38. The number of carbonyl (C=O) groups excluding carboxylic acids is 1. The van der Waals surface area contributed by atoms with Gasteiger partial charge in [-0.2, -0.15) is 0 Å². The molecule has 0 saturated heterocycles. The van der Waals surface area contributed by atoms with Gasteiger partial charge in [0.15, 0.2) is 0 Å². The van der Waals surface area contributed by atoms with Crippen LogP contribution < -0.4 is 5.32 Å². The van der Waals surface area contributed by atoms with Gasteiger partial charge in [0.2, 0.25) is 0 Å². The number of hydrogen-bond donors (Lipinski definition) is 1. The Hall–Kier alpha value is -1.42. The van der Waals surface area contributed by atoms with Gasteiger partial charge < -0.3 is 10.1 Å². The first kappa shape index (κ1) is 14.0. The highest BCUT2D eigenvalue weighted by Gasteiger charge is 2.40. The van der Waals surface area contributed by atoms with E-state index in [9.17, 15) is 4.79 Å². The second kappa shape index (κ2) is 6.15. The number of hydrogen-bond acceptors (Lipinski definition) is 4. The molecule has 4 heteroatoms. The molecule has 104 valence electrons. The topological polar surface area (TPSA) is 51.2 Å². The van der Waals surface area contributed by atoms with Crippen LogP contribution in [0.4, 0.5) is 0 Å². The van der Waals surface area contributed by atoms with Crippen molar-refractivity contribution in [1.29, 1.82) is 0 Å². The third-order valence-corrected chi connectivity index (χ3v) is 3.79. The van der Waals surface area contributed by atoms with Crippen molar-refractivity contribution in [2.45, 2.75) is 39.2 Å². The SMILES string of the molecule is CCCC1(CNCc2ccc(C(=O)OC)cn2)CC1. The van der Waals surface area contributed by atoms with Crippen molar-refractivity contribution < 1.29 is 9.53 Å². The van der Waals surface area contributed by atoms with E-state index in [2.05, 4.69) is 22.0 Å². The van der Waals surface area contributed by atoms with Crippen molar-refractivity contribution in [1.82, 2.24) is 10.3 Å². The quantitative estimate of drug-likeness (QED) is 0.767. The molecule has 0 amide bonds. The molecule has 1 N–H and O–H groups in total. The van der Waals surface area contributed by atoms with Crippen LogP contribution in [0, 0.1) is 5.41 Å². The molecule has 0 spiro atoms. The molecule has 0 aliphatic heterocycles. The largest absolute Gasteiger partial charge is 0.465 e. The molecule has 1 fully saturated rings. The van der Waals surface area contributed by atoms with Gasteiger partial charge >= 0.3 is 5.97 Å². The van der Waals surface area contributed by atoms with Crippen molar-refractivity contribution >= 4 is 5.97 Å². The molecule has 1 heterocycles. The van der Waals surface area contributed by atoms with E-state index in [1.165, 1.54) is 32.8 Å². The molecule has 1 saturated carbocycles. The van der Waals surface area contributed by atoms with Gasteiger partial charge in [0, 0.05) is 19.3 Å². The van der Waals surface area contributed by atoms with Crippen LogP contribution in [0.2, 0.25) is 0 Å². The maximum atomic E-state index is 11.3. The summed E-state index contributed by atoms with van der Waals surface area (Å²) in [5.74, 6) is -0.341. The highest BCUT2D eigenvalue weighted by Crippen LogP contribution is 2.48. The van der Waals surface area contributed by atoms with E-state index >= 15 is 0 Å². The Morgan fingerprint density at radius 3 is 2.79 bits per heavy atom. The summed E-state index contributed by atoms with van der Waals surface area (Å²) in [6.45, 7) is 4.07. The zero-order chi connectivity index (χ0) is 13.7. The first-order valence-corrected chi connectivity index (χ1v) is 6.93. The Morgan fingerprint density at radius 2 is 2.26 bits per heavy atom. The lowest BCUT2D eigenvalue weighted by Gasteiger charge is -2.14. The van der Waals surface area contributed by atoms with Crippen LogP contribution in [0.5, 0.6) is 0 Å². The number of aromatic nitrogens is 1. The number of nitrogens with one attached hydrogen (secondary N) is 1. The fourth-order valence-electron chi connectivity index (χ4n) is 2.45. The number of rotatable bonds is 7. The first-order chi connectivity index (χ1) is 9.19. The van der Waals surface area contributed by atoms with Gasteiger partial charge in [-0.3, -0.25) is 4.98 Å². The predicted molar refractivity (Wildman–Crippen MR) is 73.9 cm³/mol.